The van der Waals surface area contributed by atoms with E-state index in [2.05, 4.69) is 38.6 Å². The summed E-state index contributed by atoms with van der Waals surface area (Å²) in [6.07, 6.45) is 0.911. The van der Waals surface area contributed by atoms with Crippen molar-refractivity contribution < 1.29 is 18.8 Å². The van der Waals surface area contributed by atoms with Gasteiger partial charge in [-0.05, 0) is 54.4 Å². The lowest BCUT2D eigenvalue weighted by atomic mass is 10.1. The number of hydrogen-bond donors (Lipinski definition) is 0. The number of benzene rings is 2. The SMILES string of the molecule is COC(=O)CCc1ccc(C(=O)N(CCO[Si](C)(C)C(C)(C)C)c2ccccc2)cc1. The highest BCUT2D eigenvalue weighted by atomic mass is 28.4. The minimum absolute atomic E-state index is 0.0652. The molecular formula is C25H35NO4Si. The molecule has 0 saturated carbocycles. The molecule has 6 heteroatoms. The zero-order valence-electron chi connectivity index (χ0n) is 19.6. The molecule has 0 atom stereocenters. The van der Waals surface area contributed by atoms with Gasteiger partial charge in [0.15, 0.2) is 8.32 Å². The number of aryl methyl sites for hydroxylation is 1. The van der Waals surface area contributed by atoms with Crippen molar-refractivity contribution in [3.8, 4) is 0 Å². The predicted octanol–water partition coefficient (Wildman–Crippen LogP) is 5.46. The summed E-state index contributed by atoms with van der Waals surface area (Å²) >= 11 is 0. The van der Waals surface area contributed by atoms with Crippen LogP contribution in [-0.4, -0.2) is 40.5 Å². The molecule has 0 aliphatic carbocycles. The third-order valence-corrected chi connectivity index (χ3v) is 10.5. The van der Waals surface area contributed by atoms with Gasteiger partial charge in [-0.25, -0.2) is 0 Å². The van der Waals surface area contributed by atoms with Crippen molar-refractivity contribution >= 4 is 25.9 Å². The Kier molecular flexibility index (Phi) is 8.59. The molecule has 1 amide bonds. The van der Waals surface area contributed by atoms with Crippen LogP contribution in [0.25, 0.3) is 0 Å². The number of nitrogens with zero attached hydrogens (tertiary/aromatic N) is 1. The lowest BCUT2D eigenvalue weighted by molar-refractivity contribution is -0.140. The van der Waals surface area contributed by atoms with Crippen molar-refractivity contribution in [1.82, 2.24) is 0 Å². The largest absolute Gasteiger partial charge is 0.469 e. The second-order valence-electron chi connectivity index (χ2n) is 9.17. The van der Waals surface area contributed by atoms with Gasteiger partial charge in [-0.15, -0.1) is 0 Å². The van der Waals surface area contributed by atoms with Crippen LogP contribution in [-0.2, 0) is 20.4 Å². The van der Waals surface area contributed by atoms with Crippen LogP contribution in [0, 0.1) is 0 Å². The topological polar surface area (TPSA) is 55.8 Å². The van der Waals surface area contributed by atoms with Crippen molar-refractivity contribution in [2.45, 2.75) is 51.7 Å². The molecule has 5 nitrogen and oxygen atoms in total. The van der Waals surface area contributed by atoms with Crippen molar-refractivity contribution in [3.63, 3.8) is 0 Å². The number of carbonyl (C=O) groups is 2. The van der Waals surface area contributed by atoms with Crippen LogP contribution >= 0.6 is 0 Å². The van der Waals surface area contributed by atoms with Crippen LogP contribution in [0.2, 0.25) is 18.1 Å². The molecule has 0 aliphatic rings. The predicted molar refractivity (Wildman–Crippen MR) is 128 cm³/mol. The van der Waals surface area contributed by atoms with E-state index in [1.54, 1.807) is 4.90 Å². The summed E-state index contributed by atoms with van der Waals surface area (Å²) in [5.74, 6) is -0.304. The molecule has 31 heavy (non-hydrogen) atoms. The summed E-state index contributed by atoms with van der Waals surface area (Å²) in [4.78, 5) is 26.5. The number of esters is 1. The molecule has 2 aromatic rings. The Morgan fingerprint density at radius 1 is 0.968 bits per heavy atom. The first-order chi connectivity index (χ1) is 14.5. The average molecular weight is 442 g/mol. The molecule has 2 aromatic carbocycles. The van der Waals surface area contributed by atoms with E-state index in [9.17, 15) is 9.59 Å². The molecule has 0 spiro atoms. The van der Waals surface area contributed by atoms with Gasteiger partial charge in [0, 0.05) is 24.2 Å². The second-order valence-corrected chi connectivity index (χ2v) is 14.0. The Balaban J connectivity index is 2.13. The number of para-hydroxylation sites is 1. The van der Waals surface area contributed by atoms with E-state index in [0.29, 0.717) is 31.6 Å². The molecule has 0 aliphatic heterocycles. The smallest absolute Gasteiger partial charge is 0.305 e. The van der Waals surface area contributed by atoms with Crippen molar-refractivity contribution in [2.75, 3.05) is 25.2 Å². The van der Waals surface area contributed by atoms with Gasteiger partial charge in [-0.2, -0.15) is 0 Å². The Morgan fingerprint density at radius 3 is 2.13 bits per heavy atom. The maximum atomic E-state index is 13.3. The quantitative estimate of drug-likeness (QED) is 0.383. The molecule has 0 unspecified atom stereocenters. The highest BCUT2D eigenvalue weighted by molar-refractivity contribution is 6.74. The summed E-state index contributed by atoms with van der Waals surface area (Å²) in [6.45, 7) is 12.0. The van der Waals surface area contributed by atoms with E-state index in [-0.39, 0.29) is 16.9 Å². The maximum Gasteiger partial charge on any atom is 0.305 e. The highest BCUT2D eigenvalue weighted by Crippen LogP contribution is 2.36. The van der Waals surface area contributed by atoms with Gasteiger partial charge in [0.05, 0.1) is 13.7 Å². The number of anilines is 1. The number of methoxy groups -OCH3 is 1. The van der Waals surface area contributed by atoms with Crippen LogP contribution in [0.4, 0.5) is 5.69 Å². The average Bonchev–Trinajstić information content (AvgIpc) is 2.74. The van der Waals surface area contributed by atoms with Gasteiger partial charge in [0.25, 0.3) is 5.91 Å². The molecule has 0 bridgehead atoms. The number of hydrogen-bond acceptors (Lipinski definition) is 4. The van der Waals surface area contributed by atoms with E-state index >= 15 is 0 Å². The fraction of sp³-hybridized carbons (Fsp3) is 0.440. The van der Waals surface area contributed by atoms with Gasteiger partial charge < -0.3 is 14.1 Å². The minimum Gasteiger partial charge on any atom is -0.469 e. The lowest BCUT2D eigenvalue weighted by Crippen LogP contribution is -2.43. The number of amides is 1. The standard InChI is InChI=1S/C25H35NO4Si/c1-25(2,3)31(5,6)30-19-18-26(22-10-8-7-9-11-22)24(28)21-15-12-20(13-16-21)14-17-23(27)29-4/h7-13,15-16H,14,17-19H2,1-6H3. The first kappa shape index (κ1) is 24.8. The molecule has 2 rings (SSSR count). The molecular weight excluding hydrogens is 406 g/mol. The number of carbonyl (C=O) groups excluding carboxylic acids is 2. The van der Waals surface area contributed by atoms with E-state index in [4.69, 9.17) is 4.43 Å². The van der Waals surface area contributed by atoms with Gasteiger partial charge >= 0.3 is 5.97 Å². The third-order valence-electron chi connectivity index (χ3n) is 5.94. The summed E-state index contributed by atoms with van der Waals surface area (Å²) < 4.78 is 11.0. The van der Waals surface area contributed by atoms with Gasteiger partial charge in [-0.3, -0.25) is 9.59 Å². The fourth-order valence-electron chi connectivity index (χ4n) is 2.88. The Labute approximate surface area is 187 Å². The van der Waals surface area contributed by atoms with Crippen molar-refractivity contribution in [3.05, 3.63) is 65.7 Å². The van der Waals surface area contributed by atoms with E-state index in [1.807, 2.05) is 54.6 Å². The molecule has 168 valence electrons. The fourth-order valence-corrected chi connectivity index (χ4v) is 3.92. The number of rotatable bonds is 9. The van der Waals surface area contributed by atoms with Crippen LogP contribution in [0.3, 0.4) is 0 Å². The number of ether oxygens (including phenoxy) is 1. The zero-order valence-corrected chi connectivity index (χ0v) is 20.6. The lowest BCUT2D eigenvalue weighted by Gasteiger charge is -2.36. The summed E-state index contributed by atoms with van der Waals surface area (Å²) in [5.41, 5.74) is 2.45. The van der Waals surface area contributed by atoms with E-state index in [1.165, 1.54) is 7.11 Å². The normalized spacial score (nSPS) is 11.8. The van der Waals surface area contributed by atoms with Crippen LogP contribution in [0.5, 0.6) is 0 Å². The van der Waals surface area contributed by atoms with Gasteiger partial charge in [0.2, 0.25) is 0 Å². The van der Waals surface area contributed by atoms with Crippen molar-refractivity contribution in [2.24, 2.45) is 0 Å². The summed E-state index contributed by atoms with van der Waals surface area (Å²) in [5, 5.41) is 0.120. The first-order valence-corrected chi connectivity index (χ1v) is 13.6. The Bertz CT molecular complexity index is 857. The van der Waals surface area contributed by atoms with E-state index in [0.717, 1.165) is 11.3 Å². The molecule has 0 fully saturated rings. The molecule has 0 radical (unpaired) electrons. The Morgan fingerprint density at radius 2 is 1.58 bits per heavy atom. The highest BCUT2D eigenvalue weighted by Gasteiger charge is 2.37. The molecule has 0 N–H and O–H groups in total. The van der Waals surface area contributed by atoms with Gasteiger partial charge in [-0.1, -0.05) is 51.1 Å². The van der Waals surface area contributed by atoms with Crippen LogP contribution in [0.15, 0.2) is 54.6 Å². The minimum atomic E-state index is -1.89. The van der Waals surface area contributed by atoms with Crippen LogP contribution in [0.1, 0.15) is 43.1 Å². The zero-order chi connectivity index (χ0) is 23.1. The maximum absolute atomic E-state index is 13.3. The summed E-state index contributed by atoms with van der Waals surface area (Å²) in [6, 6.07) is 17.1. The first-order valence-electron chi connectivity index (χ1n) is 10.7. The third kappa shape index (κ3) is 7.04. The molecule has 0 heterocycles. The van der Waals surface area contributed by atoms with E-state index < -0.39 is 8.32 Å². The summed E-state index contributed by atoms with van der Waals surface area (Å²) in [7, 11) is -0.506. The van der Waals surface area contributed by atoms with Gasteiger partial charge in [0.1, 0.15) is 0 Å². The Hall–Kier alpha value is -2.44. The monoisotopic (exact) mass is 441 g/mol. The molecule has 0 saturated heterocycles. The van der Waals surface area contributed by atoms with Crippen molar-refractivity contribution in [1.29, 1.82) is 0 Å². The second kappa shape index (κ2) is 10.7. The molecule has 0 aromatic heterocycles. The van der Waals surface area contributed by atoms with Crippen LogP contribution < -0.4 is 4.90 Å².